The Bertz CT molecular complexity index is 369. The fraction of sp³-hybridized carbons (Fsp3) is 0.429. The second-order valence-electron chi connectivity index (χ2n) is 3.75. The zero-order valence-corrected chi connectivity index (χ0v) is 11.0. The maximum Gasteiger partial charge on any atom is 0.122 e. The van der Waals surface area contributed by atoms with Gasteiger partial charge in [-0.25, -0.2) is 0 Å². The maximum atomic E-state index is 6.13. The number of hydrogen-bond acceptors (Lipinski definition) is 1. The first-order valence-electron chi connectivity index (χ1n) is 5.72. The fourth-order valence-electron chi connectivity index (χ4n) is 1.59. The highest BCUT2D eigenvalue weighted by Crippen LogP contribution is 2.27. The standard InChI is InChI=1S/C14H19ClO/c1-4-6-7-8-12-10-13(15)11(3)9-14(12)16-5-2/h4,6,9-10H,5,7-8H2,1-3H3/b6-4-. The first-order chi connectivity index (χ1) is 7.69. The lowest BCUT2D eigenvalue weighted by Gasteiger charge is -2.11. The minimum Gasteiger partial charge on any atom is -0.494 e. The van der Waals surface area contributed by atoms with Crippen LogP contribution in [0.1, 0.15) is 31.4 Å². The van der Waals surface area contributed by atoms with Crippen molar-refractivity contribution >= 4 is 11.6 Å². The summed E-state index contributed by atoms with van der Waals surface area (Å²) < 4.78 is 5.62. The van der Waals surface area contributed by atoms with Gasteiger partial charge in [-0.2, -0.15) is 0 Å². The lowest BCUT2D eigenvalue weighted by atomic mass is 10.1. The molecule has 88 valence electrons. The summed E-state index contributed by atoms with van der Waals surface area (Å²) >= 11 is 6.13. The molecule has 1 nitrogen and oxygen atoms in total. The van der Waals surface area contributed by atoms with Gasteiger partial charge in [0.15, 0.2) is 0 Å². The van der Waals surface area contributed by atoms with Gasteiger partial charge in [0, 0.05) is 5.02 Å². The Hall–Kier alpha value is -0.950. The molecule has 0 saturated heterocycles. The Balaban J connectivity index is 2.90. The van der Waals surface area contributed by atoms with Crippen molar-refractivity contribution in [1.29, 1.82) is 0 Å². The molecule has 1 aromatic carbocycles. The fourth-order valence-corrected chi connectivity index (χ4v) is 1.77. The molecule has 0 aliphatic heterocycles. The number of halogens is 1. The normalized spacial score (nSPS) is 11.0. The maximum absolute atomic E-state index is 6.13. The molecular formula is C14H19ClO. The average Bonchev–Trinajstić information content (AvgIpc) is 2.25. The second-order valence-corrected chi connectivity index (χ2v) is 4.16. The zero-order valence-electron chi connectivity index (χ0n) is 10.2. The molecule has 0 aliphatic carbocycles. The summed E-state index contributed by atoms with van der Waals surface area (Å²) in [5, 5.41) is 0.818. The SMILES string of the molecule is C/C=C\CCc1cc(Cl)c(C)cc1OCC. The van der Waals surface area contributed by atoms with Crippen molar-refractivity contribution in [2.75, 3.05) is 6.61 Å². The third-order valence-corrected chi connectivity index (χ3v) is 2.86. The molecule has 0 aromatic heterocycles. The number of benzene rings is 1. The molecular weight excluding hydrogens is 220 g/mol. The van der Waals surface area contributed by atoms with Gasteiger partial charge in [-0.15, -0.1) is 0 Å². The van der Waals surface area contributed by atoms with Gasteiger partial charge in [0.05, 0.1) is 6.61 Å². The van der Waals surface area contributed by atoms with Crippen LogP contribution in [0, 0.1) is 6.92 Å². The van der Waals surface area contributed by atoms with E-state index >= 15 is 0 Å². The van der Waals surface area contributed by atoms with Gasteiger partial charge in [-0.3, -0.25) is 0 Å². The molecule has 1 aromatic rings. The zero-order chi connectivity index (χ0) is 12.0. The summed E-state index contributed by atoms with van der Waals surface area (Å²) in [5.41, 5.74) is 2.26. The van der Waals surface area contributed by atoms with Crippen LogP contribution in [0.15, 0.2) is 24.3 Å². The van der Waals surface area contributed by atoms with Crippen LogP contribution in [0.4, 0.5) is 0 Å². The van der Waals surface area contributed by atoms with Gasteiger partial charge in [0.2, 0.25) is 0 Å². The largest absolute Gasteiger partial charge is 0.494 e. The quantitative estimate of drug-likeness (QED) is 0.684. The molecule has 0 N–H and O–H groups in total. The van der Waals surface area contributed by atoms with Crippen molar-refractivity contribution in [1.82, 2.24) is 0 Å². The first-order valence-corrected chi connectivity index (χ1v) is 6.09. The van der Waals surface area contributed by atoms with Gasteiger partial charge in [-0.05, 0) is 56.9 Å². The Morgan fingerprint density at radius 3 is 2.75 bits per heavy atom. The minimum absolute atomic E-state index is 0.692. The van der Waals surface area contributed by atoms with E-state index in [2.05, 4.69) is 12.2 Å². The van der Waals surface area contributed by atoms with E-state index < -0.39 is 0 Å². The molecule has 0 aliphatic rings. The van der Waals surface area contributed by atoms with Gasteiger partial charge in [0.25, 0.3) is 0 Å². The van der Waals surface area contributed by atoms with Gasteiger partial charge >= 0.3 is 0 Å². The van der Waals surface area contributed by atoms with Gasteiger partial charge < -0.3 is 4.74 Å². The smallest absolute Gasteiger partial charge is 0.122 e. The van der Waals surface area contributed by atoms with Crippen LogP contribution in [0.3, 0.4) is 0 Å². The van der Waals surface area contributed by atoms with E-state index in [-0.39, 0.29) is 0 Å². The van der Waals surface area contributed by atoms with Crippen LogP contribution < -0.4 is 4.74 Å². The summed E-state index contributed by atoms with van der Waals surface area (Å²) in [6.45, 7) is 6.73. The molecule has 1 rings (SSSR count). The third-order valence-electron chi connectivity index (χ3n) is 2.46. The Morgan fingerprint density at radius 1 is 1.38 bits per heavy atom. The van der Waals surface area contributed by atoms with E-state index in [4.69, 9.17) is 16.3 Å². The van der Waals surface area contributed by atoms with Crippen molar-refractivity contribution in [3.8, 4) is 5.75 Å². The molecule has 16 heavy (non-hydrogen) atoms. The molecule has 0 fully saturated rings. The molecule has 0 spiro atoms. The van der Waals surface area contributed by atoms with Crippen LogP contribution in [-0.4, -0.2) is 6.61 Å². The highest BCUT2D eigenvalue weighted by atomic mass is 35.5. The van der Waals surface area contributed by atoms with Crippen molar-refractivity contribution < 1.29 is 4.74 Å². The number of hydrogen-bond donors (Lipinski definition) is 0. The number of rotatable bonds is 5. The van der Waals surface area contributed by atoms with E-state index in [0.29, 0.717) is 6.61 Å². The van der Waals surface area contributed by atoms with Crippen molar-refractivity contribution in [2.45, 2.75) is 33.6 Å². The molecule has 0 atom stereocenters. The molecule has 0 heterocycles. The van der Waals surface area contributed by atoms with Crippen LogP contribution in [-0.2, 0) is 6.42 Å². The summed E-state index contributed by atoms with van der Waals surface area (Å²) in [6.07, 6.45) is 6.22. The highest BCUT2D eigenvalue weighted by molar-refractivity contribution is 6.31. The predicted molar refractivity (Wildman–Crippen MR) is 70.5 cm³/mol. The monoisotopic (exact) mass is 238 g/mol. The van der Waals surface area contributed by atoms with E-state index in [1.54, 1.807) is 0 Å². The number of allylic oxidation sites excluding steroid dienone is 2. The minimum atomic E-state index is 0.692. The Kier molecular flexibility index (Phi) is 5.41. The lowest BCUT2D eigenvalue weighted by Crippen LogP contribution is -1.97. The van der Waals surface area contributed by atoms with Crippen molar-refractivity contribution in [2.24, 2.45) is 0 Å². The van der Waals surface area contributed by atoms with Crippen LogP contribution >= 0.6 is 11.6 Å². The average molecular weight is 239 g/mol. The predicted octanol–water partition coefficient (Wildman–Crippen LogP) is 4.56. The van der Waals surface area contributed by atoms with E-state index in [9.17, 15) is 0 Å². The van der Waals surface area contributed by atoms with E-state index in [1.807, 2.05) is 32.9 Å². The topological polar surface area (TPSA) is 9.23 Å². The summed E-state index contributed by atoms with van der Waals surface area (Å²) in [6, 6.07) is 4.04. The molecule has 2 heteroatoms. The van der Waals surface area contributed by atoms with Gasteiger partial charge in [0.1, 0.15) is 5.75 Å². The lowest BCUT2D eigenvalue weighted by molar-refractivity contribution is 0.336. The van der Waals surface area contributed by atoms with Crippen LogP contribution in [0.5, 0.6) is 5.75 Å². The molecule has 0 saturated carbocycles. The molecule has 0 amide bonds. The summed E-state index contributed by atoms with van der Waals surface area (Å²) in [4.78, 5) is 0. The molecule has 0 bridgehead atoms. The molecule has 0 radical (unpaired) electrons. The third kappa shape index (κ3) is 3.57. The van der Waals surface area contributed by atoms with E-state index in [0.717, 1.165) is 29.2 Å². The first kappa shape index (κ1) is 13.1. The van der Waals surface area contributed by atoms with Gasteiger partial charge in [-0.1, -0.05) is 23.8 Å². The summed E-state index contributed by atoms with van der Waals surface area (Å²) in [7, 11) is 0. The van der Waals surface area contributed by atoms with Crippen LogP contribution in [0.2, 0.25) is 5.02 Å². The Morgan fingerprint density at radius 2 is 2.12 bits per heavy atom. The Labute approximate surface area is 103 Å². The summed E-state index contributed by atoms with van der Waals surface area (Å²) in [5.74, 6) is 0.967. The van der Waals surface area contributed by atoms with E-state index in [1.165, 1.54) is 5.56 Å². The number of ether oxygens (including phenoxy) is 1. The van der Waals surface area contributed by atoms with Crippen molar-refractivity contribution in [3.63, 3.8) is 0 Å². The van der Waals surface area contributed by atoms with Crippen LogP contribution in [0.25, 0.3) is 0 Å². The highest BCUT2D eigenvalue weighted by Gasteiger charge is 2.06. The second kappa shape index (κ2) is 6.59. The number of aryl methyl sites for hydroxylation is 2. The van der Waals surface area contributed by atoms with Crippen molar-refractivity contribution in [3.05, 3.63) is 40.4 Å². The molecule has 0 unspecified atom stereocenters.